The quantitative estimate of drug-likeness (QED) is 0.806. The molecule has 18 heavy (non-hydrogen) atoms. The average Bonchev–Trinajstić information content (AvgIpc) is 3.16. The van der Waals surface area contributed by atoms with Gasteiger partial charge in [-0.1, -0.05) is 13.0 Å². The molecule has 0 bridgehead atoms. The van der Waals surface area contributed by atoms with Crippen LogP contribution in [-0.4, -0.2) is 30.2 Å². The predicted molar refractivity (Wildman–Crippen MR) is 73.0 cm³/mol. The standard InChI is InChI=1S/C15H23NO2/c1-3-8-16(10-12-4-5-12)11-13-6-7-14(17)15(9-13)18-2/h6-7,9,12,17H,3-5,8,10-11H2,1-2H3. The van der Waals surface area contributed by atoms with Gasteiger partial charge in [0, 0.05) is 13.1 Å². The lowest BCUT2D eigenvalue weighted by Gasteiger charge is -2.22. The van der Waals surface area contributed by atoms with E-state index in [0.29, 0.717) is 5.75 Å². The molecule has 0 amide bonds. The third-order valence-corrected chi connectivity index (χ3v) is 3.40. The second kappa shape index (κ2) is 6.10. The van der Waals surface area contributed by atoms with Gasteiger partial charge in [0.2, 0.25) is 0 Å². The van der Waals surface area contributed by atoms with E-state index in [4.69, 9.17) is 4.74 Å². The topological polar surface area (TPSA) is 32.7 Å². The van der Waals surface area contributed by atoms with Crippen molar-refractivity contribution < 1.29 is 9.84 Å². The number of methoxy groups -OCH3 is 1. The highest BCUT2D eigenvalue weighted by Crippen LogP contribution is 2.31. The SMILES string of the molecule is CCCN(Cc1ccc(O)c(OC)c1)CC1CC1. The maximum absolute atomic E-state index is 9.59. The van der Waals surface area contributed by atoms with Gasteiger partial charge >= 0.3 is 0 Å². The van der Waals surface area contributed by atoms with Crippen LogP contribution in [0.4, 0.5) is 0 Å². The summed E-state index contributed by atoms with van der Waals surface area (Å²) in [5.41, 5.74) is 1.21. The average molecular weight is 249 g/mol. The lowest BCUT2D eigenvalue weighted by molar-refractivity contribution is 0.254. The van der Waals surface area contributed by atoms with Gasteiger partial charge in [-0.15, -0.1) is 0 Å². The van der Waals surface area contributed by atoms with Crippen LogP contribution in [0.3, 0.4) is 0 Å². The number of nitrogens with zero attached hydrogens (tertiary/aromatic N) is 1. The van der Waals surface area contributed by atoms with Gasteiger partial charge in [0.25, 0.3) is 0 Å². The van der Waals surface area contributed by atoms with Crippen LogP contribution in [0.1, 0.15) is 31.7 Å². The van der Waals surface area contributed by atoms with E-state index in [9.17, 15) is 5.11 Å². The van der Waals surface area contributed by atoms with Gasteiger partial charge in [0.05, 0.1) is 7.11 Å². The largest absolute Gasteiger partial charge is 0.504 e. The summed E-state index contributed by atoms with van der Waals surface area (Å²) in [7, 11) is 1.59. The summed E-state index contributed by atoms with van der Waals surface area (Å²) >= 11 is 0. The summed E-state index contributed by atoms with van der Waals surface area (Å²) in [5, 5.41) is 9.59. The summed E-state index contributed by atoms with van der Waals surface area (Å²) in [6.45, 7) is 5.51. The lowest BCUT2D eigenvalue weighted by atomic mass is 10.1. The number of hydrogen-bond acceptors (Lipinski definition) is 3. The number of phenols is 1. The number of phenolic OH excluding ortho intramolecular Hbond substituents is 1. The maximum Gasteiger partial charge on any atom is 0.160 e. The molecule has 100 valence electrons. The molecule has 2 rings (SSSR count). The molecular formula is C15H23NO2. The molecule has 0 radical (unpaired) electrons. The van der Waals surface area contributed by atoms with Crippen molar-refractivity contribution in [3.63, 3.8) is 0 Å². The van der Waals surface area contributed by atoms with Crippen LogP contribution in [0.5, 0.6) is 11.5 Å². The summed E-state index contributed by atoms with van der Waals surface area (Å²) in [5.74, 6) is 1.69. The highest BCUT2D eigenvalue weighted by Gasteiger charge is 2.24. The summed E-state index contributed by atoms with van der Waals surface area (Å²) in [6, 6.07) is 5.63. The maximum atomic E-state index is 9.59. The molecule has 3 nitrogen and oxygen atoms in total. The van der Waals surface area contributed by atoms with Crippen molar-refractivity contribution in [2.24, 2.45) is 5.92 Å². The molecule has 1 aliphatic rings. The van der Waals surface area contributed by atoms with Crippen molar-refractivity contribution in [2.75, 3.05) is 20.2 Å². The van der Waals surface area contributed by atoms with E-state index in [2.05, 4.69) is 11.8 Å². The van der Waals surface area contributed by atoms with Crippen LogP contribution < -0.4 is 4.74 Å². The van der Waals surface area contributed by atoms with Gasteiger partial charge in [-0.3, -0.25) is 4.90 Å². The highest BCUT2D eigenvalue weighted by atomic mass is 16.5. The minimum Gasteiger partial charge on any atom is -0.504 e. The van der Waals surface area contributed by atoms with E-state index in [1.165, 1.54) is 31.4 Å². The Labute approximate surface area is 109 Å². The van der Waals surface area contributed by atoms with E-state index in [0.717, 1.165) is 19.0 Å². The number of rotatable bonds is 7. The van der Waals surface area contributed by atoms with Crippen LogP contribution in [0.2, 0.25) is 0 Å². The third kappa shape index (κ3) is 3.64. The first-order valence-electron chi connectivity index (χ1n) is 6.81. The van der Waals surface area contributed by atoms with E-state index in [1.54, 1.807) is 13.2 Å². The fourth-order valence-corrected chi connectivity index (χ4v) is 2.30. The van der Waals surface area contributed by atoms with E-state index < -0.39 is 0 Å². The molecule has 1 aromatic carbocycles. The molecule has 1 fully saturated rings. The highest BCUT2D eigenvalue weighted by molar-refractivity contribution is 5.41. The number of benzene rings is 1. The molecule has 3 heteroatoms. The molecule has 1 saturated carbocycles. The molecule has 1 N–H and O–H groups in total. The van der Waals surface area contributed by atoms with Crippen molar-refractivity contribution >= 4 is 0 Å². The molecule has 1 aromatic rings. The summed E-state index contributed by atoms with van der Waals surface area (Å²) < 4.78 is 5.15. The fourth-order valence-electron chi connectivity index (χ4n) is 2.30. The van der Waals surface area contributed by atoms with Gasteiger partial charge in [0.1, 0.15) is 0 Å². The van der Waals surface area contributed by atoms with Crippen LogP contribution >= 0.6 is 0 Å². The molecule has 0 heterocycles. The van der Waals surface area contributed by atoms with E-state index in [-0.39, 0.29) is 5.75 Å². The first-order valence-corrected chi connectivity index (χ1v) is 6.81. The Morgan fingerprint density at radius 3 is 2.78 bits per heavy atom. The van der Waals surface area contributed by atoms with Gasteiger partial charge in [-0.05, 0) is 49.4 Å². The smallest absolute Gasteiger partial charge is 0.160 e. The van der Waals surface area contributed by atoms with Crippen molar-refractivity contribution in [1.82, 2.24) is 4.90 Å². The Hall–Kier alpha value is -1.22. The van der Waals surface area contributed by atoms with E-state index >= 15 is 0 Å². The van der Waals surface area contributed by atoms with Crippen molar-refractivity contribution in [2.45, 2.75) is 32.7 Å². The summed E-state index contributed by atoms with van der Waals surface area (Å²) in [4.78, 5) is 2.50. The van der Waals surface area contributed by atoms with Gasteiger partial charge in [0.15, 0.2) is 11.5 Å². The normalized spacial score (nSPS) is 15.1. The van der Waals surface area contributed by atoms with Gasteiger partial charge < -0.3 is 9.84 Å². The molecule has 0 aromatic heterocycles. The fraction of sp³-hybridized carbons (Fsp3) is 0.600. The monoisotopic (exact) mass is 249 g/mol. The van der Waals surface area contributed by atoms with Crippen LogP contribution in [0.15, 0.2) is 18.2 Å². The van der Waals surface area contributed by atoms with Gasteiger partial charge in [-0.25, -0.2) is 0 Å². The number of aromatic hydroxyl groups is 1. The predicted octanol–water partition coefficient (Wildman–Crippen LogP) is 3.02. The first-order chi connectivity index (χ1) is 8.72. The zero-order valence-electron chi connectivity index (χ0n) is 11.4. The van der Waals surface area contributed by atoms with E-state index in [1.807, 2.05) is 12.1 Å². The van der Waals surface area contributed by atoms with Crippen molar-refractivity contribution in [3.8, 4) is 11.5 Å². The van der Waals surface area contributed by atoms with Crippen LogP contribution in [0, 0.1) is 5.92 Å². The minimum atomic E-state index is 0.213. The molecule has 0 aliphatic heterocycles. The second-order valence-corrected chi connectivity index (χ2v) is 5.18. The second-order valence-electron chi connectivity index (χ2n) is 5.18. The zero-order valence-corrected chi connectivity index (χ0v) is 11.4. The zero-order chi connectivity index (χ0) is 13.0. The van der Waals surface area contributed by atoms with Crippen molar-refractivity contribution in [1.29, 1.82) is 0 Å². The number of ether oxygens (including phenoxy) is 1. The Kier molecular flexibility index (Phi) is 4.48. The Morgan fingerprint density at radius 1 is 1.39 bits per heavy atom. The Bertz CT molecular complexity index is 388. The molecule has 1 aliphatic carbocycles. The first kappa shape index (κ1) is 13.2. The Balaban J connectivity index is 2.00. The molecule has 0 saturated heterocycles. The van der Waals surface area contributed by atoms with Crippen LogP contribution in [0.25, 0.3) is 0 Å². The summed E-state index contributed by atoms with van der Waals surface area (Å²) in [6.07, 6.45) is 3.96. The molecule has 0 spiro atoms. The minimum absolute atomic E-state index is 0.213. The number of hydrogen-bond donors (Lipinski definition) is 1. The Morgan fingerprint density at radius 2 is 2.17 bits per heavy atom. The van der Waals surface area contributed by atoms with Gasteiger partial charge in [-0.2, -0.15) is 0 Å². The third-order valence-electron chi connectivity index (χ3n) is 3.40. The van der Waals surface area contributed by atoms with Crippen LogP contribution in [-0.2, 0) is 6.54 Å². The van der Waals surface area contributed by atoms with Crippen molar-refractivity contribution in [3.05, 3.63) is 23.8 Å². The molecule has 0 unspecified atom stereocenters. The molecule has 0 atom stereocenters. The molecular weight excluding hydrogens is 226 g/mol. The lowest BCUT2D eigenvalue weighted by Crippen LogP contribution is -2.26.